The summed E-state index contributed by atoms with van der Waals surface area (Å²) in [4.78, 5) is 0. The Balaban J connectivity index is 1.95. The first kappa shape index (κ1) is 10.1. The molecule has 3 rings (SSSR count). The normalized spacial score (nSPS) is 27.3. The van der Waals surface area contributed by atoms with E-state index in [1.807, 2.05) is 13.0 Å². The van der Waals surface area contributed by atoms with Gasteiger partial charge in [0.15, 0.2) is 0 Å². The molecule has 86 valence electrons. The van der Waals surface area contributed by atoms with Gasteiger partial charge in [-0.2, -0.15) is 0 Å². The van der Waals surface area contributed by atoms with E-state index >= 15 is 0 Å². The zero-order valence-corrected chi connectivity index (χ0v) is 9.53. The van der Waals surface area contributed by atoms with Gasteiger partial charge in [0, 0.05) is 19.0 Å². The third-order valence-electron chi connectivity index (χ3n) is 3.44. The molecule has 3 heteroatoms. The highest BCUT2D eigenvalue weighted by molar-refractivity contribution is 5.40. The quantitative estimate of drug-likeness (QED) is 0.820. The van der Waals surface area contributed by atoms with Crippen LogP contribution in [0.15, 0.2) is 18.2 Å². The molecule has 0 radical (unpaired) electrons. The Morgan fingerprint density at radius 1 is 1.44 bits per heavy atom. The van der Waals surface area contributed by atoms with Crippen molar-refractivity contribution in [2.45, 2.75) is 25.6 Å². The molecule has 0 saturated carbocycles. The fourth-order valence-corrected chi connectivity index (χ4v) is 2.64. The largest absolute Gasteiger partial charge is 0.494 e. The van der Waals surface area contributed by atoms with Gasteiger partial charge in [-0.05, 0) is 30.2 Å². The molecule has 2 heterocycles. The van der Waals surface area contributed by atoms with Gasteiger partial charge in [0.05, 0.1) is 19.3 Å². The zero-order chi connectivity index (χ0) is 11.0. The maximum absolute atomic E-state index is 5.82. The number of rotatable bonds is 2. The number of nitrogens with one attached hydrogen (secondary N) is 1. The second-order valence-electron chi connectivity index (χ2n) is 4.41. The van der Waals surface area contributed by atoms with Gasteiger partial charge in [-0.3, -0.25) is 0 Å². The first-order chi connectivity index (χ1) is 7.88. The Morgan fingerprint density at radius 2 is 2.38 bits per heavy atom. The fraction of sp³-hybridized carbons (Fsp3) is 0.538. The van der Waals surface area contributed by atoms with Crippen molar-refractivity contribution in [2.24, 2.45) is 0 Å². The molecule has 1 fully saturated rings. The molecule has 16 heavy (non-hydrogen) atoms. The van der Waals surface area contributed by atoms with Crippen molar-refractivity contribution in [1.82, 2.24) is 5.32 Å². The van der Waals surface area contributed by atoms with Crippen LogP contribution in [-0.4, -0.2) is 25.8 Å². The van der Waals surface area contributed by atoms with Crippen LogP contribution in [0.3, 0.4) is 0 Å². The predicted octanol–water partition coefficient (Wildman–Crippen LogP) is 1.67. The highest BCUT2D eigenvalue weighted by atomic mass is 16.5. The predicted molar refractivity (Wildman–Crippen MR) is 61.8 cm³/mol. The van der Waals surface area contributed by atoms with E-state index in [0.717, 1.165) is 32.1 Å². The van der Waals surface area contributed by atoms with Gasteiger partial charge in [0.25, 0.3) is 0 Å². The SMILES string of the molecule is CCOc1ccc2c(c1)C1CNC[C@@H]1OC2. The fourth-order valence-electron chi connectivity index (χ4n) is 2.64. The lowest BCUT2D eigenvalue weighted by Crippen LogP contribution is -2.26. The maximum Gasteiger partial charge on any atom is 0.119 e. The molecule has 1 saturated heterocycles. The van der Waals surface area contributed by atoms with Crippen LogP contribution in [-0.2, 0) is 11.3 Å². The molecule has 3 nitrogen and oxygen atoms in total. The van der Waals surface area contributed by atoms with Crippen molar-refractivity contribution >= 4 is 0 Å². The van der Waals surface area contributed by atoms with Crippen molar-refractivity contribution in [3.63, 3.8) is 0 Å². The van der Waals surface area contributed by atoms with E-state index in [-0.39, 0.29) is 0 Å². The van der Waals surface area contributed by atoms with Gasteiger partial charge in [-0.1, -0.05) is 6.07 Å². The molecule has 0 aromatic heterocycles. The molecule has 2 aliphatic rings. The number of hydrogen-bond acceptors (Lipinski definition) is 3. The van der Waals surface area contributed by atoms with Crippen LogP contribution in [0.5, 0.6) is 5.75 Å². The lowest BCUT2D eigenvalue weighted by Gasteiger charge is -2.28. The van der Waals surface area contributed by atoms with Crippen molar-refractivity contribution in [1.29, 1.82) is 0 Å². The van der Waals surface area contributed by atoms with Crippen molar-refractivity contribution < 1.29 is 9.47 Å². The second kappa shape index (κ2) is 4.07. The van der Waals surface area contributed by atoms with E-state index in [9.17, 15) is 0 Å². The second-order valence-corrected chi connectivity index (χ2v) is 4.41. The lowest BCUT2D eigenvalue weighted by molar-refractivity contribution is 0.0298. The molecular weight excluding hydrogens is 202 g/mol. The molecule has 1 unspecified atom stereocenters. The van der Waals surface area contributed by atoms with Crippen LogP contribution in [0.25, 0.3) is 0 Å². The Labute approximate surface area is 95.8 Å². The summed E-state index contributed by atoms with van der Waals surface area (Å²) in [5.74, 6) is 1.48. The number of ether oxygens (including phenoxy) is 2. The molecule has 1 N–H and O–H groups in total. The average Bonchev–Trinajstić information content (AvgIpc) is 2.78. The van der Waals surface area contributed by atoms with E-state index in [2.05, 4.69) is 17.4 Å². The standard InChI is InChI=1S/C13H17NO2/c1-2-15-10-4-3-9-8-16-13-7-14-6-12(13)11(9)5-10/h3-5,12-14H,2,6-8H2,1H3/t12?,13-/m0/s1. The zero-order valence-electron chi connectivity index (χ0n) is 9.53. The van der Waals surface area contributed by atoms with Crippen molar-refractivity contribution in [2.75, 3.05) is 19.7 Å². The summed E-state index contributed by atoms with van der Waals surface area (Å²) in [5, 5.41) is 3.39. The summed E-state index contributed by atoms with van der Waals surface area (Å²) in [5.41, 5.74) is 2.72. The van der Waals surface area contributed by atoms with Crippen molar-refractivity contribution in [3.8, 4) is 5.75 Å². The molecule has 2 atom stereocenters. The van der Waals surface area contributed by atoms with Crippen LogP contribution in [0.1, 0.15) is 24.0 Å². The van der Waals surface area contributed by atoms with E-state index in [0.29, 0.717) is 12.0 Å². The molecule has 1 aromatic carbocycles. The van der Waals surface area contributed by atoms with E-state index in [1.54, 1.807) is 0 Å². The molecular formula is C13H17NO2. The first-order valence-electron chi connectivity index (χ1n) is 5.96. The Kier molecular flexibility index (Phi) is 2.58. The molecule has 0 bridgehead atoms. The number of benzene rings is 1. The highest BCUT2D eigenvalue weighted by Crippen LogP contribution is 2.35. The average molecular weight is 219 g/mol. The first-order valence-corrected chi connectivity index (χ1v) is 5.96. The molecule has 0 aliphatic carbocycles. The molecule has 2 aliphatic heterocycles. The van der Waals surface area contributed by atoms with Crippen molar-refractivity contribution in [3.05, 3.63) is 29.3 Å². The van der Waals surface area contributed by atoms with Gasteiger partial charge in [-0.25, -0.2) is 0 Å². The van der Waals surface area contributed by atoms with Crippen LogP contribution in [0.4, 0.5) is 0 Å². The minimum atomic E-state index is 0.351. The summed E-state index contributed by atoms with van der Waals surface area (Å²) in [6, 6.07) is 6.36. The third-order valence-corrected chi connectivity index (χ3v) is 3.44. The Morgan fingerprint density at radius 3 is 3.25 bits per heavy atom. The lowest BCUT2D eigenvalue weighted by atomic mass is 9.89. The highest BCUT2D eigenvalue weighted by Gasteiger charge is 2.34. The Bertz CT molecular complexity index is 392. The Hall–Kier alpha value is -1.06. The topological polar surface area (TPSA) is 30.5 Å². The minimum absolute atomic E-state index is 0.351. The minimum Gasteiger partial charge on any atom is -0.494 e. The maximum atomic E-state index is 5.82. The monoisotopic (exact) mass is 219 g/mol. The molecule has 0 spiro atoms. The van der Waals surface area contributed by atoms with Gasteiger partial charge in [0.1, 0.15) is 5.75 Å². The molecule has 1 aromatic rings. The van der Waals surface area contributed by atoms with Crippen LogP contribution in [0, 0.1) is 0 Å². The summed E-state index contributed by atoms with van der Waals surface area (Å²) in [7, 11) is 0. The smallest absolute Gasteiger partial charge is 0.119 e. The van der Waals surface area contributed by atoms with E-state index < -0.39 is 0 Å². The summed E-state index contributed by atoms with van der Waals surface area (Å²) < 4.78 is 11.4. The number of fused-ring (bicyclic) bond motifs is 3. The third kappa shape index (κ3) is 1.60. The summed E-state index contributed by atoms with van der Waals surface area (Å²) in [6.45, 7) is 5.48. The van der Waals surface area contributed by atoms with Gasteiger partial charge in [0.2, 0.25) is 0 Å². The van der Waals surface area contributed by atoms with Crippen LogP contribution >= 0.6 is 0 Å². The van der Waals surface area contributed by atoms with Gasteiger partial charge in [-0.15, -0.1) is 0 Å². The van der Waals surface area contributed by atoms with Gasteiger partial charge < -0.3 is 14.8 Å². The summed E-state index contributed by atoms with van der Waals surface area (Å²) >= 11 is 0. The van der Waals surface area contributed by atoms with E-state index in [1.165, 1.54) is 11.1 Å². The van der Waals surface area contributed by atoms with Crippen LogP contribution in [0.2, 0.25) is 0 Å². The number of hydrogen-bond donors (Lipinski definition) is 1. The summed E-state index contributed by atoms with van der Waals surface area (Å²) in [6.07, 6.45) is 0.351. The molecule has 0 amide bonds. The van der Waals surface area contributed by atoms with Crippen LogP contribution < -0.4 is 10.1 Å². The van der Waals surface area contributed by atoms with Gasteiger partial charge >= 0.3 is 0 Å². The van der Waals surface area contributed by atoms with E-state index in [4.69, 9.17) is 9.47 Å².